The van der Waals surface area contributed by atoms with Gasteiger partial charge in [0.15, 0.2) is 5.92 Å². The van der Waals surface area contributed by atoms with Crippen molar-refractivity contribution in [1.29, 1.82) is 0 Å². The Morgan fingerprint density at radius 3 is 2.27 bits per heavy atom. The number of nitrogens with zero attached hydrogens (tertiary/aromatic N) is 3. The lowest BCUT2D eigenvalue weighted by Crippen LogP contribution is -2.57. The Hall–Kier alpha value is -3.55. The highest BCUT2D eigenvalue weighted by atomic mass is 16.5. The number of aliphatic imine (C=N–C) groups is 1. The number of guanidine groups is 1. The predicted molar refractivity (Wildman–Crippen MR) is 126 cm³/mol. The van der Waals surface area contributed by atoms with E-state index in [0.29, 0.717) is 19.0 Å². The minimum Gasteiger partial charge on any atom is -0.497 e. The van der Waals surface area contributed by atoms with E-state index in [1.807, 2.05) is 55.5 Å². The van der Waals surface area contributed by atoms with Crippen molar-refractivity contribution in [2.24, 2.45) is 10.9 Å². The van der Waals surface area contributed by atoms with Crippen molar-refractivity contribution in [3.63, 3.8) is 0 Å². The standard InChI is InChI=1S/C25H30N4O4/c1-4-33-24(31)21-22(18-7-5-17(2)6-8-18)26-25(27-23(21)30)29-15-13-28(14-16-29)19-9-11-20(32-3)12-10-19/h5-12,21-22H,4,13-16H2,1-3H3,(H,26,27,30)/t21-,22+/m1/s1. The van der Waals surface area contributed by atoms with Crippen LogP contribution in [-0.4, -0.2) is 62.6 Å². The fourth-order valence-corrected chi connectivity index (χ4v) is 4.20. The van der Waals surface area contributed by atoms with Gasteiger partial charge in [-0.3, -0.25) is 14.9 Å². The van der Waals surface area contributed by atoms with Crippen LogP contribution < -0.4 is 15.0 Å². The van der Waals surface area contributed by atoms with E-state index in [0.717, 1.165) is 35.7 Å². The highest BCUT2D eigenvalue weighted by Crippen LogP contribution is 2.31. The van der Waals surface area contributed by atoms with Crippen LogP contribution in [0.5, 0.6) is 5.75 Å². The topological polar surface area (TPSA) is 83.5 Å². The van der Waals surface area contributed by atoms with Crippen LogP contribution in [0.2, 0.25) is 0 Å². The van der Waals surface area contributed by atoms with Gasteiger partial charge in [0.2, 0.25) is 11.9 Å². The number of rotatable bonds is 5. The molecule has 2 aromatic carbocycles. The molecule has 8 heteroatoms. The zero-order valence-electron chi connectivity index (χ0n) is 19.3. The summed E-state index contributed by atoms with van der Waals surface area (Å²) in [5.74, 6) is -0.582. The lowest BCUT2D eigenvalue weighted by Gasteiger charge is -2.39. The maximum atomic E-state index is 13.0. The van der Waals surface area contributed by atoms with Crippen LogP contribution in [0.25, 0.3) is 0 Å². The van der Waals surface area contributed by atoms with E-state index in [9.17, 15) is 9.59 Å². The molecule has 1 amide bonds. The molecule has 0 bridgehead atoms. The van der Waals surface area contributed by atoms with Crippen LogP contribution in [0.3, 0.4) is 0 Å². The van der Waals surface area contributed by atoms with Crippen molar-refractivity contribution in [3.05, 3.63) is 59.7 Å². The zero-order chi connectivity index (χ0) is 23.4. The van der Waals surface area contributed by atoms with Crippen molar-refractivity contribution < 1.29 is 19.1 Å². The Morgan fingerprint density at radius 1 is 1.03 bits per heavy atom. The summed E-state index contributed by atoms with van der Waals surface area (Å²) in [7, 11) is 1.66. The lowest BCUT2D eigenvalue weighted by atomic mass is 9.91. The predicted octanol–water partition coefficient (Wildman–Crippen LogP) is 2.53. The van der Waals surface area contributed by atoms with Gasteiger partial charge < -0.3 is 19.3 Å². The van der Waals surface area contributed by atoms with Gasteiger partial charge in [-0.25, -0.2) is 4.99 Å². The van der Waals surface area contributed by atoms with Gasteiger partial charge in [0.05, 0.1) is 13.7 Å². The first kappa shape index (κ1) is 22.6. The molecule has 33 heavy (non-hydrogen) atoms. The number of anilines is 1. The number of carbonyl (C=O) groups is 2. The number of amides is 1. The van der Waals surface area contributed by atoms with Gasteiger partial charge in [-0.05, 0) is 43.7 Å². The monoisotopic (exact) mass is 450 g/mol. The van der Waals surface area contributed by atoms with Gasteiger partial charge >= 0.3 is 5.97 Å². The Bertz CT molecular complexity index is 1010. The van der Waals surface area contributed by atoms with Crippen LogP contribution in [0, 0.1) is 12.8 Å². The third-order valence-electron chi connectivity index (χ3n) is 6.07. The average molecular weight is 451 g/mol. The van der Waals surface area contributed by atoms with Crippen molar-refractivity contribution in [2.45, 2.75) is 19.9 Å². The number of benzene rings is 2. The molecule has 1 N–H and O–H groups in total. The SMILES string of the molecule is CCOC(=O)[C@H]1C(=O)NC(N2CCN(c3ccc(OC)cc3)CC2)=N[C@H]1c1ccc(C)cc1. The molecule has 8 nitrogen and oxygen atoms in total. The van der Waals surface area contributed by atoms with Gasteiger partial charge in [0, 0.05) is 31.9 Å². The van der Waals surface area contributed by atoms with E-state index in [1.165, 1.54) is 0 Å². The summed E-state index contributed by atoms with van der Waals surface area (Å²) in [6, 6.07) is 15.2. The molecule has 2 heterocycles. The highest BCUT2D eigenvalue weighted by molar-refractivity contribution is 6.08. The van der Waals surface area contributed by atoms with E-state index in [4.69, 9.17) is 14.5 Å². The average Bonchev–Trinajstić information content (AvgIpc) is 2.84. The second kappa shape index (κ2) is 9.94. The van der Waals surface area contributed by atoms with Gasteiger partial charge in [-0.1, -0.05) is 29.8 Å². The molecule has 1 fully saturated rings. The smallest absolute Gasteiger partial charge is 0.321 e. The Morgan fingerprint density at radius 2 is 1.67 bits per heavy atom. The molecule has 0 radical (unpaired) electrons. The largest absolute Gasteiger partial charge is 0.497 e. The fourth-order valence-electron chi connectivity index (χ4n) is 4.20. The molecule has 2 aliphatic heterocycles. The third kappa shape index (κ3) is 4.94. The normalized spacial score (nSPS) is 20.7. The maximum absolute atomic E-state index is 13.0. The van der Waals surface area contributed by atoms with Crippen LogP contribution in [0.4, 0.5) is 5.69 Å². The molecule has 1 saturated heterocycles. The Labute approximate surface area is 194 Å². The summed E-state index contributed by atoms with van der Waals surface area (Å²) in [5, 5.41) is 2.86. The van der Waals surface area contributed by atoms with Crippen molar-refractivity contribution in [1.82, 2.24) is 10.2 Å². The molecule has 2 aromatic rings. The number of esters is 1. The summed E-state index contributed by atoms with van der Waals surface area (Å²) in [5.41, 5.74) is 3.05. The number of methoxy groups -OCH3 is 1. The first-order chi connectivity index (χ1) is 16.0. The van der Waals surface area contributed by atoms with Crippen molar-refractivity contribution >= 4 is 23.5 Å². The number of aryl methyl sites for hydroxylation is 1. The molecule has 0 aliphatic carbocycles. The van der Waals surface area contributed by atoms with Crippen LogP contribution >= 0.6 is 0 Å². The molecule has 2 atom stereocenters. The van der Waals surface area contributed by atoms with Gasteiger partial charge in [0.25, 0.3) is 0 Å². The van der Waals surface area contributed by atoms with Crippen LogP contribution in [0.15, 0.2) is 53.5 Å². The summed E-state index contributed by atoms with van der Waals surface area (Å²) in [6.45, 7) is 6.93. The molecule has 4 rings (SSSR count). The van der Waals surface area contributed by atoms with E-state index in [-0.39, 0.29) is 12.5 Å². The molecule has 0 unspecified atom stereocenters. The first-order valence-electron chi connectivity index (χ1n) is 11.3. The summed E-state index contributed by atoms with van der Waals surface area (Å²) < 4.78 is 10.4. The maximum Gasteiger partial charge on any atom is 0.321 e. The zero-order valence-corrected chi connectivity index (χ0v) is 19.3. The second-order valence-corrected chi connectivity index (χ2v) is 8.20. The number of hydrogen-bond donors (Lipinski definition) is 1. The summed E-state index contributed by atoms with van der Waals surface area (Å²) in [6.07, 6.45) is 0. The third-order valence-corrected chi connectivity index (χ3v) is 6.07. The molecule has 2 aliphatic rings. The summed E-state index contributed by atoms with van der Waals surface area (Å²) in [4.78, 5) is 34.8. The van der Waals surface area contributed by atoms with E-state index < -0.39 is 17.9 Å². The molecule has 0 saturated carbocycles. The van der Waals surface area contributed by atoms with Gasteiger partial charge in [-0.2, -0.15) is 0 Å². The number of piperazine rings is 1. The molecule has 0 aromatic heterocycles. The van der Waals surface area contributed by atoms with E-state index >= 15 is 0 Å². The molecule has 0 spiro atoms. The van der Waals surface area contributed by atoms with Gasteiger partial charge in [-0.15, -0.1) is 0 Å². The minimum atomic E-state index is -1.00. The lowest BCUT2D eigenvalue weighted by molar-refractivity contribution is -0.153. The van der Waals surface area contributed by atoms with Crippen molar-refractivity contribution in [2.75, 3.05) is 44.8 Å². The number of hydrogen-bond acceptors (Lipinski definition) is 7. The molecular formula is C25H30N4O4. The minimum absolute atomic E-state index is 0.215. The molecule has 174 valence electrons. The fraction of sp³-hybridized carbons (Fsp3) is 0.400. The van der Waals surface area contributed by atoms with E-state index in [2.05, 4.69) is 15.1 Å². The van der Waals surface area contributed by atoms with Gasteiger partial charge in [0.1, 0.15) is 11.8 Å². The van der Waals surface area contributed by atoms with E-state index in [1.54, 1.807) is 14.0 Å². The summed E-state index contributed by atoms with van der Waals surface area (Å²) >= 11 is 0. The molecular weight excluding hydrogens is 420 g/mol. The first-order valence-corrected chi connectivity index (χ1v) is 11.3. The number of ether oxygens (including phenoxy) is 2. The highest BCUT2D eigenvalue weighted by Gasteiger charge is 2.42. The Balaban J connectivity index is 1.53. The Kier molecular flexibility index (Phi) is 6.82. The second-order valence-electron chi connectivity index (χ2n) is 8.20. The quantitative estimate of drug-likeness (QED) is 0.557. The van der Waals surface area contributed by atoms with Crippen molar-refractivity contribution in [3.8, 4) is 5.75 Å². The van der Waals surface area contributed by atoms with Crippen LogP contribution in [-0.2, 0) is 14.3 Å². The number of carbonyl (C=O) groups excluding carboxylic acids is 2. The van der Waals surface area contributed by atoms with Crippen LogP contribution in [0.1, 0.15) is 24.1 Å². The number of nitrogens with one attached hydrogen (secondary N) is 1.